The Labute approximate surface area is 212 Å². The largest absolute Gasteiger partial charge is 0.507 e. The van der Waals surface area contributed by atoms with Crippen LogP contribution < -0.4 is 14.4 Å². The van der Waals surface area contributed by atoms with Gasteiger partial charge in [0.25, 0.3) is 5.78 Å². The lowest BCUT2D eigenvalue weighted by molar-refractivity contribution is -0.132. The van der Waals surface area contributed by atoms with Crippen LogP contribution in [0.5, 0.6) is 11.5 Å². The fourth-order valence-electron chi connectivity index (χ4n) is 4.31. The maximum absolute atomic E-state index is 13.4. The van der Waals surface area contributed by atoms with Crippen molar-refractivity contribution in [3.63, 3.8) is 0 Å². The molecule has 1 aliphatic heterocycles. The average molecular weight is 501 g/mol. The lowest BCUT2D eigenvalue weighted by atomic mass is 9.95. The highest BCUT2D eigenvalue weighted by molar-refractivity contribution is 7.22. The molecule has 2 heterocycles. The van der Waals surface area contributed by atoms with Gasteiger partial charge in [-0.3, -0.25) is 14.5 Å². The van der Waals surface area contributed by atoms with Gasteiger partial charge in [-0.2, -0.15) is 0 Å². The number of carbonyl (C=O) groups excluding carboxylic acids is 2. The summed E-state index contributed by atoms with van der Waals surface area (Å²) >= 11 is 1.33. The van der Waals surface area contributed by atoms with E-state index in [2.05, 4.69) is 4.98 Å². The Morgan fingerprint density at radius 3 is 2.56 bits per heavy atom. The van der Waals surface area contributed by atoms with E-state index in [1.165, 1.54) is 23.3 Å². The molecule has 1 saturated heterocycles. The lowest BCUT2D eigenvalue weighted by Crippen LogP contribution is -2.29. The Bertz CT molecular complexity index is 1510. The number of aryl methyl sites for hydroxylation is 1. The Morgan fingerprint density at radius 2 is 1.83 bits per heavy atom. The first-order valence-corrected chi connectivity index (χ1v) is 12.3. The van der Waals surface area contributed by atoms with Crippen molar-refractivity contribution in [2.45, 2.75) is 19.9 Å². The zero-order valence-electron chi connectivity index (χ0n) is 20.0. The van der Waals surface area contributed by atoms with Crippen LogP contribution in [0, 0.1) is 6.92 Å². The molecule has 182 valence electrons. The monoisotopic (exact) mass is 500 g/mol. The highest BCUT2D eigenvalue weighted by atomic mass is 32.1. The number of methoxy groups -OCH3 is 1. The van der Waals surface area contributed by atoms with Crippen molar-refractivity contribution in [1.29, 1.82) is 0 Å². The van der Waals surface area contributed by atoms with E-state index < -0.39 is 17.7 Å². The summed E-state index contributed by atoms with van der Waals surface area (Å²) in [6.07, 6.45) is 0. The highest BCUT2D eigenvalue weighted by Gasteiger charge is 2.48. The van der Waals surface area contributed by atoms with Gasteiger partial charge in [-0.05, 0) is 61.4 Å². The van der Waals surface area contributed by atoms with Gasteiger partial charge in [0, 0.05) is 5.56 Å². The number of nitrogens with zero attached hydrogens (tertiary/aromatic N) is 2. The van der Waals surface area contributed by atoms with E-state index in [1.54, 1.807) is 48.5 Å². The number of anilines is 1. The number of carbonyl (C=O) groups is 2. The molecule has 1 fully saturated rings. The van der Waals surface area contributed by atoms with Crippen LogP contribution in [0.25, 0.3) is 16.0 Å². The minimum absolute atomic E-state index is 0.00662. The number of ketones is 1. The van der Waals surface area contributed by atoms with Crippen LogP contribution >= 0.6 is 11.3 Å². The molecule has 5 rings (SSSR count). The minimum Gasteiger partial charge on any atom is -0.507 e. The van der Waals surface area contributed by atoms with Gasteiger partial charge in [0.05, 0.1) is 35.5 Å². The van der Waals surface area contributed by atoms with E-state index in [1.807, 2.05) is 32.0 Å². The van der Waals surface area contributed by atoms with Gasteiger partial charge >= 0.3 is 5.91 Å². The number of Topliss-reactive ketones (excluding diaryl/α,β-unsaturated/α-hetero) is 1. The molecule has 1 aromatic heterocycles. The van der Waals surface area contributed by atoms with E-state index in [0.717, 1.165) is 15.8 Å². The lowest BCUT2D eigenvalue weighted by Gasteiger charge is -2.23. The third-order valence-corrected chi connectivity index (χ3v) is 7.05. The number of fused-ring (bicyclic) bond motifs is 1. The summed E-state index contributed by atoms with van der Waals surface area (Å²) in [7, 11) is 1.52. The van der Waals surface area contributed by atoms with Crippen LogP contribution in [0.2, 0.25) is 0 Å². The van der Waals surface area contributed by atoms with E-state index >= 15 is 0 Å². The maximum Gasteiger partial charge on any atom is 0.301 e. The summed E-state index contributed by atoms with van der Waals surface area (Å²) in [5.41, 5.74) is 2.83. The second-order valence-corrected chi connectivity index (χ2v) is 9.38. The molecule has 36 heavy (non-hydrogen) atoms. The summed E-state index contributed by atoms with van der Waals surface area (Å²) in [5.74, 6) is -0.599. The smallest absolute Gasteiger partial charge is 0.301 e. The molecular weight excluding hydrogens is 476 g/mol. The number of amides is 1. The summed E-state index contributed by atoms with van der Waals surface area (Å²) in [6, 6.07) is 18.9. The number of thiazole rings is 1. The van der Waals surface area contributed by atoms with Gasteiger partial charge in [-0.1, -0.05) is 41.7 Å². The Morgan fingerprint density at radius 1 is 1.06 bits per heavy atom. The van der Waals surface area contributed by atoms with Crippen LogP contribution in [-0.2, 0) is 9.59 Å². The predicted molar refractivity (Wildman–Crippen MR) is 140 cm³/mol. The number of ether oxygens (including phenoxy) is 2. The van der Waals surface area contributed by atoms with Gasteiger partial charge in [-0.15, -0.1) is 0 Å². The van der Waals surface area contributed by atoms with Crippen molar-refractivity contribution in [3.8, 4) is 11.5 Å². The third kappa shape index (κ3) is 4.09. The fourth-order valence-corrected chi connectivity index (χ4v) is 5.40. The Hall–Kier alpha value is -4.17. The van der Waals surface area contributed by atoms with E-state index in [9.17, 15) is 14.7 Å². The number of aliphatic hydroxyl groups excluding tert-OH is 1. The molecule has 1 amide bonds. The first-order chi connectivity index (χ1) is 17.4. The van der Waals surface area contributed by atoms with Crippen LogP contribution in [0.3, 0.4) is 0 Å². The van der Waals surface area contributed by atoms with Crippen molar-refractivity contribution < 1.29 is 24.2 Å². The summed E-state index contributed by atoms with van der Waals surface area (Å²) in [6.45, 7) is 4.39. The first-order valence-electron chi connectivity index (χ1n) is 11.5. The number of hydrogen-bond donors (Lipinski definition) is 1. The molecule has 1 N–H and O–H groups in total. The summed E-state index contributed by atoms with van der Waals surface area (Å²) in [4.78, 5) is 32.9. The van der Waals surface area contributed by atoms with Crippen molar-refractivity contribution >= 4 is 44.1 Å². The number of aliphatic hydroxyl groups is 1. The minimum atomic E-state index is -0.867. The topological polar surface area (TPSA) is 89.0 Å². The molecule has 8 heteroatoms. The van der Waals surface area contributed by atoms with E-state index in [4.69, 9.17) is 9.47 Å². The quantitative estimate of drug-likeness (QED) is 0.209. The van der Waals surface area contributed by atoms with Crippen LogP contribution in [0.15, 0.2) is 72.3 Å². The molecule has 0 unspecified atom stereocenters. The summed E-state index contributed by atoms with van der Waals surface area (Å²) < 4.78 is 11.8. The molecule has 4 aromatic rings. The van der Waals surface area contributed by atoms with Crippen LogP contribution in [0.1, 0.15) is 29.7 Å². The van der Waals surface area contributed by atoms with Crippen molar-refractivity contribution in [3.05, 3.63) is 89.0 Å². The standard InChI is InChI=1S/C28H24N2O5S/c1-4-35-19-11-9-17(10-12-19)24-23(25(31)18-6-5-7-20(15-18)34-3)26(32)27(33)30(24)28-29-21-13-8-16(2)14-22(21)36-28/h5-15,24,31H,4H2,1-3H3/b25-23+/t24-/m1/s1. The molecule has 7 nitrogen and oxygen atoms in total. The van der Waals surface area contributed by atoms with Crippen LogP contribution in [-0.4, -0.2) is 35.5 Å². The predicted octanol–water partition coefficient (Wildman–Crippen LogP) is 5.64. The molecule has 0 radical (unpaired) electrons. The zero-order valence-corrected chi connectivity index (χ0v) is 20.8. The van der Waals surface area contributed by atoms with Gasteiger partial charge in [-0.25, -0.2) is 4.98 Å². The average Bonchev–Trinajstić information content (AvgIpc) is 3.42. The van der Waals surface area contributed by atoms with Gasteiger partial charge in [0.2, 0.25) is 0 Å². The molecule has 0 bridgehead atoms. The van der Waals surface area contributed by atoms with Crippen molar-refractivity contribution in [2.24, 2.45) is 0 Å². The van der Waals surface area contributed by atoms with Crippen LogP contribution in [0.4, 0.5) is 5.13 Å². The molecular formula is C28H24N2O5S. The molecule has 0 spiro atoms. The second kappa shape index (κ2) is 9.47. The van der Waals surface area contributed by atoms with Crippen molar-refractivity contribution in [2.75, 3.05) is 18.6 Å². The first kappa shape index (κ1) is 23.6. The Balaban J connectivity index is 1.70. The maximum atomic E-state index is 13.4. The van der Waals surface area contributed by atoms with Crippen molar-refractivity contribution in [1.82, 2.24) is 4.98 Å². The summed E-state index contributed by atoms with van der Waals surface area (Å²) in [5, 5.41) is 11.7. The number of rotatable bonds is 6. The second-order valence-electron chi connectivity index (χ2n) is 8.37. The van der Waals surface area contributed by atoms with E-state index in [-0.39, 0.29) is 11.3 Å². The van der Waals surface area contributed by atoms with E-state index in [0.29, 0.717) is 34.4 Å². The number of benzene rings is 3. The third-order valence-electron chi connectivity index (χ3n) is 6.03. The number of hydrogen-bond acceptors (Lipinski definition) is 7. The molecule has 1 atom stereocenters. The molecule has 0 saturated carbocycles. The van der Waals surface area contributed by atoms with Gasteiger partial charge in [0.15, 0.2) is 5.13 Å². The van der Waals surface area contributed by atoms with Gasteiger partial charge in [0.1, 0.15) is 17.3 Å². The molecule has 1 aliphatic rings. The van der Waals surface area contributed by atoms with Gasteiger partial charge < -0.3 is 14.6 Å². The Kier molecular flexibility index (Phi) is 6.20. The molecule has 3 aromatic carbocycles. The normalized spacial score (nSPS) is 17.1. The zero-order chi connectivity index (χ0) is 25.4. The molecule has 0 aliphatic carbocycles. The fraction of sp³-hybridized carbons (Fsp3) is 0.179. The highest BCUT2D eigenvalue weighted by Crippen LogP contribution is 2.44. The number of aromatic nitrogens is 1. The SMILES string of the molecule is CCOc1ccc([C@@H]2/C(=C(\O)c3cccc(OC)c3)C(=O)C(=O)N2c2nc3ccc(C)cc3s2)cc1.